The van der Waals surface area contributed by atoms with Gasteiger partial charge in [0.25, 0.3) is 0 Å². The Morgan fingerprint density at radius 2 is 1.55 bits per heavy atom. The summed E-state index contributed by atoms with van der Waals surface area (Å²) in [5.74, 6) is 0.421. The first-order valence-electron chi connectivity index (χ1n) is 10.2. The summed E-state index contributed by atoms with van der Waals surface area (Å²) < 4.78 is 1.09. The zero-order valence-corrected chi connectivity index (χ0v) is 17.8. The molecule has 144 valence electrons. The maximum absolute atomic E-state index is 5.21. The van der Waals surface area contributed by atoms with Crippen LogP contribution in [0, 0.1) is 5.92 Å². The van der Waals surface area contributed by atoms with Crippen LogP contribution < -0.4 is 5.01 Å². The summed E-state index contributed by atoms with van der Waals surface area (Å²) in [5, 5.41) is 7.45. The third-order valence-corrected chi connectivity index (χ3v) is 6.40. The minimum Gasteiger partial charge on any atom is -0.257 e. The molecule has 1 saturated carbocycles. The predicted molar refractivity (Wildman–Crippen MR) is 125 cm³/mol. The van der Waals surface area contributed by atoms with Crippen molar-refractivity contribution in [1.29, 1.82) is 0 Å². The lowest BCUT2D eigenvalue weighted by Gasteiger charge is -2.30. The number of hydrogen-bond acceptors (Lipinski definition) is 2. The SMILES string of the molecule is Brc1ccc(N2N=C3/C(=C/c4ccccc4)CCCC3C2c2ccccc2)cc1. The van der Waals surface area contributed by atoms with Crippen LogP contribution in [0.3, 0.4) is 0 Å². The highest BCUT2D eigenvalue weighted by atomic mass is 79.9. The third kappa shape index (κ3) is 3.67. The van der Waals surface area contributed by atoms with E-state index < -0.39 is 0 Å². The zero-order chi connectivity index (χ0) is 19.6. The largest absolute Gasteiger partial charge is 0.257 e. The normalized spacial score (nSPS) is 22.4. The Morgan fingerprint density at radius 3 is 2.28 bits per heavy atom. The predicted octanol–water partition coefficient (Wildman–Crippen LogP) is 7.25. The number of rotatable bonds is 3. The molecule has 2 unspecified atom stereocenters. The Morgan fingerprint density at radius 1 is 0.862 bits per heavy atom. The van der Waals surface area contributed by atoms with Gasteiger partial charge in [-0.2, -0.15) is 5.10 Å². The molecule has 1 aliphatic heterocycles. The van der Waals surface area contributed by atoms with Gasteiger partial charge in [0, 0.05) is 10.4 Å². The van der Waals surface area contributed by atoms with Gasteiger partial charge >= 0.3 is 0 Å². The Hall–Kier alpha value is -2.65. The van der Waals surface area contributed by atoms with E-state index in [1.54, 1.807) is 0 Å². The van der Waals surface area contributed by atoms with Crippen LogP contribution in [0.2, 0.25) is 0 Å². The fraction of sp³-hybridized carbons (Fsp3) is 0.192. The van der Waals surface area contributed by atoms with Crippen LogP contribution in [0.25, 0.3) is 6.08 Å². The van der Waals surface area contributed by atoms with Crippen LogP contribution in [0.15, 0.2) is 100 Å². The molecule has 0 radical (unpaired) electrons. The molecule has 5 rings (SSSR count). The van der Waals surface area contributed by atoms with Crippen LogP contribution in [0.1, 0.15) is 36.4 Å². The van der Waals surface area contributed by atoms with Crippen molar-refractivity contribution in [2.45, 2.75) is 25.3 Å². The van der Waals surface area contributed by atoms with Gasteiger partial charge in [-0.05, 0) is 66.3 Å². The van der Waals surface area contributed by atoms with Crippen LogP contribution in [-0.2, 0) is 0 Å². The quantitative estimate of drug-likeness (QED) is 0.416. The van der Waals surface area contributed by atoms with Gasteiger partial charge < -0.3 is 0 Å². The van der Waals surface area contributed by atoms with E-state index in [2.05, 4.69) is 112 Å². The minimum absolute atomic E-state index is 0.242. The molecule has 3 aromatic carbocycles. The summed E-state index contributed by atoms with van der Waals surface area (Å²) in [4.78, 5) is 0. The van der Waals surface area contributed by atoms with Gasteiger partial charge in [0.2, 0.25) is 0 Å². The summed E-state index contributed by atoms with van der Waals surface area (Å²) in [6.07, 6.45) is 5.81. The molecule has 3 aromatic rings. The molecular formula is C26H23BrN2. The number of benzene rings is 3. The van der Waals surface area contributed by atoms with E-state index in [1.165, 1.54) is 35.3 Å². The minimum atomic E-state index is 0.242. The van der Waals surface area contributed by atoms with E-state index in [0.717, 1.165) is 16.6 Å². The molecule has 2 atom stereocenters. The Labute approximate surface area is 180 Å². The third-order valence-electron chi connectivity index (χ3n) is 5.87. The molecule has 1 aliphatic carbocycles. The van der Waals surface area contributed by atoms with E-state index in [-0.39, 0.29) is 6.04 Å². The summed E-state index contributed by atoms with van der Waals surface area (Å²) >= 11 is 3.56. The van der Waals surface area contributed by atoms with Crippen molar-refractivity contribution in [3.05, 3.63) is 106 Å². The Bertz CT molecular complexity index is 1040. The molecule has 0 N–H and O–H groups in total. The van der Waals surface area contributed by atoms with Gasteiger partial charge in [0.15, 0.2) is 0 Å². The van der Waals surface area contributed by atoms with Crippen LogP contribution in [0.4, 0.5) is 5.69 Å². The van der Waals surface area contributed by atoms with E-state index >= 15 is 0 Å². The van der Waals surface area contributed by atoms with Crippen LogP contribution in [-0.4, -0.2) is 5.71 Å². The second-order valence-corrected chi connectivity index (χ2v) is 8.66. The van der Waals surface area contributed by atoms with Crippen molar-refractivity contribution in [2.75, 3.05) is 5.01 Å². The molecule has 3 heteroatoms. The van der Waals surface area contributed by atoms with E-state index in [0.29, 0.717) is 5.92 Å². The van der Waals surface area contributed by atoms with Gasteiger partial charge in [0.1, 0.15) is 0 Å². The molecule has 0 spiro atoms. The molecule has 2 aliphatic rings. The first kappa shape index (κ1) is 18.4. The highest BCUT2D eigenvalue weighted by molar-refractivity contribution is 9.10. The molecule has 1 fully saturated rings. The molecular weight excluding hydrogens is 420 g/mol. The van der Waals surface area contributed by atoms with Gasteiger partial charge in [-0.1, -0.05) is 76.6 Å². The lowest BCUT2D eigenvalue weighted by Crippen LogP contribution is -2.28. The smallest absolute Gasteiger partial charge is 0.0859 e. The van der Waals surface area contributed by atoms with Gasteiger partial charge in [-0.25, -0.2) is 0 Å². The summed E-state index contributed by atoms with van der Waals surface area (Å²) in [7, 11) is 0. The number of halogens is 1. The maximum Gasteiger partial charge on any atom is 0.0859 e. The molecule has 0 aromatic heterocycles. The van der Waals surface area contributed by atoms with Crippen molar-refractivity contribution in [1.82, 2.24) is 0 Å². The van der Waals surface area contributed by atoms with Crippen LogP contribution in [0.5, 0.6) is 0 Å². The fourth-order valence-corrected chi connectivity index (χ4v) is 4.81. The van der Waals surface area contributed by atoms with Gasteiger partial charge in [-0.15, -0.1) is 0 Å². The van der Waals surface area contributed by atoms with Crippen molar-refractivity contribution in [3.63, 3.8) is 0 Å². The summed E-state index contributed by atoms with van der Waals surface area (Å²) in [6, 6.07) is 30.2. The highest BCUT2D eigenvalue weighted by Gasteiger charge is 2.41. The average molecular weight is 443 g/mol. The topological polar surface area (TPSA) is 15.6 Å². The number of nitrogens with zero attached hydrogens (tertiary/aromatic N) is 2. The summed E-state index contributed by atoms with van der Waals surface area (Å²) in [5.41, 5.74) is 6.37. The lowest BCUT2D eigenvalue weighted by atomic mass is 9.77. The highest BCUT2D eigenvalue weighted by Crippen LogP contribution is 2.46. The van der Waals surface area contributed by atoms with Gasteiger partial charge in [0.05, 0.1) is 17.4 Å². The molecule has 29 heavy (non-hydrogen) atoms. The number of allylic oxidation sites excluding steroid dienone is 1. The maximum atomic E-state index is 5.21. The number of hydrogen-bond donors (Lipinski definition) is 0. The second-order valence-electron chi connectivity index (χ2n) is 7.74. The molecule has 0 amide bonds. The second kappa shape index (κ2) is 8.00. The Balaban J connectivity index is 1.59. The number of fused-ring (bicyclic) bond motifs is 1. The van der Waals surface area contributed by atoms with Crippen LogP contribution >= 0.6 is 15.9 Å². The first-order valence-corrected chi connectivity index (χ1v) is 11.0. The van der Waals surface area contributed by atoms with Crippen molar-refractivity contribution >= 4 is 33.4 Å². The van der Waals surface area contributed by atoms with Gasteiger partial charge in [-0.3, -0.25) is 5.01 Å². The molecule has 0 saturated heterocycles. The average Bonchev–Trinajstić information content (AvgIpc) is 3.16. The monoisotopic (exact) mass is 442 g/mol. The molecule has 1 heterocycles. The molecule has 2 nitrogen and oxygen atoms in total. The van der Waals surface area contributed by atoms with E-state index in [9.17, 15) is 0 Å². The van der Waals surface area contributed by atoms with Crippen molar-refractivity contribution in [2.24, 2.45) is 11.0 Å². The Kier molecular flexibility index (Phi) is 5.07. The molecule has 0 bridgehead atoms. The number of anilines is 1. The fourth-order valence-electron chi connectivity index (χ4n) is 4.54. The first-order chi connectivity index (χ1) is 14.3. The lowest BCUT2D eigenvalue weighted by molar-refractivity contribution is 0.488. The van der Waals surface area contributed by atoms with E-state index in [1.807, 2.05) is 0 Å². The van der Waals surface area contributed by atoms with Crippen molar-refractivity contribution < 1.29 is 0 Å². The standard InChI is InChI=1S/C26H23BrN2/c27-22-14-16-23(17-15-22)29-26(20-10-5-2-6-11-20)24-13-7-12-21(25(24)28-29)18-19-8-3-1-4-9-19/h1-6,8-11,14-18,24,26H,7,12-13H2/b21-18+. The summed E-state index contributed by atoms with van der Waals surface area (Å²) in [6.45, 7) is 0. The number of hydrazone groups is 1. The van der Waals surface area contributed by atoms with Crippen molar-refractivity contribution in [3.8, 4) is 0 Å². The van der Waals surface area contributed by atoms with E-state index in [4.69, 9.17) is 5.10 Å². The zero-order valence-electron chi connectivity index (χ0n) is 16.2.